The first-order valence-electron chi connectivity index (χ1n) is 7.69. The molecule has 0 amide bonds. The average Bonchev–Trinajstić information content (AvgIpc) is 3.15. The second kappa shape index (κ2) is 5.82. The summed E-state index contributed by atoms with van der Waals surface area (Å²) < 4.78 is 18.4. The van der Waals surface area contributed by atoms with E-state index < -0.39 is 0 Å². The number of benzene rings is 1. The summed E-state index contributed by atoms with van der Waals surface area (Å²) in [6.07, 6.45) is 6.14. The summed E-state index contributed by atoms with van der Waals surface area (Å²) in [5.41, 5.74) is 1.67. The highest BCUT2D eigenvalue weighted by atomic mass is 19.1. The molecule has 3 rings (SSSR count). The van der Waals surface area contributed by atoms with Gasteiger partial charge in [-0.1, -0.05) is 12.1 Å². The highest BCUT2D eigenvalue weighted by Crippen LogP contribution is 2.48. The van der Waals surface area contributed by atoms with Crippen molar-refractivity contribution in [1.29, 1.82) is 0 Å². The van der Waals surface area contributed by atoms with Gasteiger partial charge in [-0.3, -0.25) is 0 Å². The molecule has 0 aromatic heterocycles. The van der Waals surface area contributed by atoms with Gasteiger partial charge in [0.25, 0.3) is 0 Å². The summed E-state index contributed by atoms with van der Waals surface area (Å²) in [5.74, 6) is 0.424. The lowest BCUT2D eigenvalue weighted by atomic mass is 9.75. The minimum absolute atomic E-state index is 0.115. The lowest BCUT2D eigenvalue weighted by Gasteiger charge is -2.37. The Hall–Kier alpha value is -0.930. The zero-order valence-corrected chi connectivity index (χ0v) is 12.2. The Morgan fingerprint density at radius 1 is 1.35 bits per heavy atom. The molecule has 110 valence electrons. The Morgan fingerprint density at radius 3 is 2.80 bits per heavy atom. The van der Waals surface area contributed by atoms with Crippen molar-refractivity contribution < 1.29 is 9.13 Å². The number of halogens is 1. The zero-order chi connectivity index (χ0) is 14.0. The second-order valence-corrected chi connectivity index (χ2v) is 6.54. The molecule has 0 bridgehead atoms. The Bertz CT molecular complexity index is 452. The average molecular weight is 277 g/mol. The summed E-state index contributed by atoms with van der Waals surface area (Å²) in [6.45, 7) is 2.00. The Morgan fingerprint density at radius 2 is 2.15 bits per heavy atom. The molecule has 0 saturated heterocycles. The molecule has 2 saturated carbocycles. The Balaban J connectivity index is 1.40. The molecule has 0 aliphatic heterocycles. The SMILES string of the molecule is COCCC1(CNC2CC(c3cccc(F)c3)C2)CC1. The van der Waals surface area contributed by atoms with Gasteiger partial charge in [-0.05, 0) is 61.1 Å². The number of methoxy groups -OCH3 is 1. The van der Waals surface area contributed by atoms with Crippen LogP contribution in [-0.4, -0.2) is 26.3 Å². The fourth-order valence-electron chi connectivity index (χ4n) is 3.19. The summed E-state index contributed by atoms with van der Waals surface area (Å²) >= 11 is 0. The topological polar surface area (TPSA) is 21.3 Å². The third-order valence-electron chi connectivity index (χ3n) is 5.02. The summed E-state index contributed by atoms with van der Waals surface area (Å²) in [5, 5.41) is 3.70. The zero-order valence-electron chi connectivity index (χ0n) is 12.2. The van der Waals surface area contributed by atoms with Crippen LogP contribution in [0.5, 0.6) is 0 Å². The molecule has 1 aromatic rings. The van der Waals surface area contributed by atoms with Gasteiger partial charge in [0.15, 0.2) is 0 Å². The van der Waals surface area contributed by atoms with Crippen molar-refractivity contribution >= 4 is 0 Å². The first-order chi connectivity index (χ1) is 9.71. The van der Waals surface area contributed by atoms with Gasteiger partial charge in [-0.15, -0.1) is 0 Å². The number of nitrogens with one attached hydrogen (secondary N) is 1. The van der Waals surface area contributed by atoms with Crippen molar-refractivity contribution in [1.82, 2.24) is 5.32 Å². The van der Waals surface area contributed by atoms with Gasteiger partial charge < -0.3 is 10.1 Å². The molecular formula is C17H24FNO. The van der Waals surface area contributed by atoms with Crippen LogP contribution in [-0.2, 0) is 4.74 Å². The molecule has 0 spiro atoms. The number of hydrogen-bond acceptors (Lipinski definition) is 2. The number of ether oxygens (including phenoxy) is 1. The van der Waals surface area contributed by atoms with Gasteiger partial charge in [0.05, 0.1) is 0 Å². The van der Waals surface area contributed by atoms with E-state index in [1.807, 2.05) is 12.1 Å². The van der Waals surface area contributed by atoms with Crippen molar-refractivity contribution in [2.75, 3.05) is 20.3 Å². The molecule has 1 aromatic carbocycles. The molecular weight excluding hydrogens is 253 g/mol. The highest BCUT2D eigenvalue weighted by molar-refractivity contribution is 5.23. The van der Waals surface area contributed by atoms with Crippen LogP contribution in [0, 0.1) is 11.2 Å². The van der Waals surface area contributed by atoms with E-state index in [-0.39, 0.29) is 5.82 Å². The van der Waals surface area contributed by atoms with Crippen LogP contribution in [0.15, 0.2) is 24.3 Å². The van der Waals surface area contributed by atoms with Crippen LogP contribution < -0.4 is 5.32 Å². The number of hydrogen-bond donors (Lipinski definition) is 1. The maximum absolute atomic E-state index is 13.2. The van der Waals surface area contributed by atoms with Gasteiger partial charge in [0, 0.05) is 26.3 Å². The van der Waals surface area contributed by atoms with Crippen molar-refractivity contribution in [3.63, 3.8) is 0 Å². The molecule has 0 radical (unpaired) electrons. The first-order valence-corrected chi connectivity index (χ1v) is 7.69. The standard InChI is InChI=1S/C17H24FNO/c1-20-8-7-17(5-6-17)12-19-16-10-14(11-16)13-3-2-4-15(18)9-13/h2-4,9,14,16,19H,5-8,10-12H2,1H3. The lowest BCUT2D eigenvalue weighted by molar-refractivity contribution is 0.166. The second-order valence-electron chi connectivity index (χ2n) is 6.54. The van der Waals surface area contributed by atoms with E-state index in [1.165, 1.54) is 25.3 Å². The largest absolute Gasteiger partial charge is 0.385 e. The fraction of sp³-hybridized carbons (Fsp3) is 0.647. The normalized spacial score (nSPS) is 27.1. The van der Waals surface area contributed by atoms with E-state index >= 15 is 0 Å². The fourth-order valence-corrected chi connectivity index (χ4v) is 3.19. The maximum atomic E-state index is 13.2. The molecule has 2 nitrogen and oxygen atoms in total. The minimum Gasteiger partial charge on any atom is -0.385 e. The van der Waals surface area contributed by atoms with Gasteiger partial charge >= 0.3 is 0 Å². The predicted octanol–water partition coefficient (Wildman–Crippen LogP) is 3.48. The van der Waals surface area contributed by atoms with Crippen molar-refractivity contribution in [2.45, 2.75) is 44.1 Å². The van der Waals surface area contributed by atoms with Crippen LogP contribution in [0.25, 0.3) is 0 Å². The van der Waals surface area contributed by atoms with E-state index in [1.54, 1.807) is 13.2 Å². The molecule has 20 heavy (non-hydrogen) atoms. The lowest BCUT2D eigenvalue weighted by Crippen LogP contribution is -2.42. The third-order valence-corrected chi connectivity index (χ3v) is 5.02. The molecule has 3 heteroatoms. The van der Waals surface area contributed by atoms with Gasteiger partial charge in [0.1, 0.15) is 5.82 Å². The molecule has 2 aliphatic rings. The maximum Gasteiger partial charge on any atom is 0.123 e. The minimum atomic E-state index is -0.115. The predicted molar refractivity (Wildman–Crippen MR) is 78.3 cm³/mol. The monoisotopic (exact) mass is 277 g/mol. The summed E-state index contributed by atoms with van der Waals surface area (Å²) in [7, 11) is 1.78. The van der Waals surface area contributed by atoms with Crippen LogP contribution >= 0.6 is 0 Å². The van der Waals surface area contributed by atoms with E-state index in [4.69, 9.17) is 4.74 Å². The third kappa shape index (κ3) is 3.21. The number of rotatable bonds is 7. The quantitative estimate of drug-likeness (QED) is 0.824. The van der Waals surface area contributed by atoms with E-state index in [2.05, 4.69) is 5.32 Å². The van der Waals surface area contributed by atoms with E-state index in [0.29, 0.717) is 17.4 Å². The highest BCUT2D eigenvalue weighted by Gasteiger charge is 2.43. The Labute approximate surface area is 120 Å². The van der Waals surface area contributed by atoms with E-state index in [9.17, 15) is 4.39 Å². The van der Waals surface area contributed by atoms with Crippen molar-refractivity contribution in [3.05, 3.63) is 35.6 Å². The van der Waals surface area contributed by atoms with Gasteiger partial charge in [-0.2, -0.15) is 0 Å². The molecule has 1 N–H and O–H groups in total. The van der Waals surface area contributed by atoms with Gasteiger partial charge in [0.2, 0.25) is 0 Å². The molecule has 2 aliphatic carbocycles. The summed E-state index contributed by atoms with van der Waals surface area (Å²) in [6, 6.07) is 7.68. The Kier molecular flexibility index (Phi) is 4.08. The molecule has 2 fully saturated rings. The van der Waals surface area contributed by atoms with Crippen LogP contribution in [0.4, 0.5) is 4.39 Å². The first kappa shape index (κ1) is 14.0. The summed E-state index contributed by atoms with van der Waals surface area (Å²) in [4.78, 5) is 0. The van der Waals surface area contributed by atoms with E-state index in [0.717, 1.165) is 31.6 Å². The van der Waals surface area contributed by atoms with Crippen LogP contribution in [0.2, 0.25) is 0 Å². The van der Waals surface area contributed by atoms with Crippen LogP contribution in [0.3, 0.4) is 0 Å². The van der Waals surface area contributed by atoms with Crippen LogP contribution in [0.1, 0.15) is 43.6 Å². The van der Waals surface area contributed by atoms with Crippen molar-refractivity contribution in [2.24, 2.45) is 5.41 Å². The molecule has 0 heterocycles. The van der Waals surface area contributed by atoms with Crippen molar-refractivity contribution in [3.8, 4) is 0 Å². The smallest absolute Gasteiger partial charge is 0.123 e. The molecule has 0 atom stereocenters. The van der Waals surface area contributed by atoms with Gasteiger partial charge in [-0.25, -0.2) is 4.39 Å². The molecule has 0 unspecified atom stereocenters.